The van der Waals surface area contributed by atoms with Gasteiger partial charge in [0.05, 0.1) is 0 Å². The van der Waals surface area contributed by atoms with Crippen LogP contribution in [0.4, 0.5) is 14.4 Å². The fourth-order valence-electron chi connectivity index (χ4n) is 3.22. The van der Waals surface area contributed by atoms with Crippen molar-refractivity contribution in [1.82, 2.24) is 31.9 Å². The Hall–Kier alpha value is -3.62. The van der Waals surface area contributed by atoms with E-state index in [-0.39, 0.29) is 36.8 Å². The molecule has 40 heavy (non-hydrogen) atoms. The number of nitrogens with zero attached hydrogens (tertiary/aromatic N) is 1. The van der Waals surface area contributed by atoms with Crippen molar-refractivity contribution < 1.29 is 38.9 Å². The Kier molecular flexibility index (Phi) is 19.3. The lowest BCUT2D eigenvalue weighted by atomic mass is 10.2. The molecule has 0 spiro atoms. The molecule has 0 saturated heterocycles. The summed E-state index contributed by atoms with van der Waals surface area (Å²) in [6, 6.07) is -0.116. The Labute approximate surface area is 235 Å². The summed E-state index contributed by atoms with van der Waals surface area (Å²) in [5.41, 5.74) is -0.735. The monoisotopic (exact) mass is 573 g/mol. The van der Waals surface area contributed by atoms with E-state index in [0.717, 1.165) is 32.2 Å². The number of hydrogen-bond acceptors (Lipinski definition) is 8. The minimum absolute atomic E-state index is 0.116. The number of hydrogen-bond donors (Lipinski definition) is 8. The molecule has 0 heterocycles. The van der Waals surface area contributed by atoms with E-state index in [2.05, 4.69) is 31.6 Å². The van der Waals surface area contributed by atoms with Gasteiger partial charge in [0.2, 0.25) is 17.8 Å². The van der Waals surface area contributed by atoms with Gasteiger partial charge in [-0.1, -0.05) is 12.8 Å². The highest BCUT2D eigenvalue weighted by Crippen LogP contribution is 2.06. The molecule has 0 aromatic heterocycles. The summed E-state index contributed by atoms with van der Waals surface area (Å²) >= 11 is 0. The normalized spacial score (nSPS) is 12.2. The van der Waals surface area contributed by atoms with E-state index in [0.29, 0.717) is 38.9 Å². The Balaban J connectivity index is 3.85. The van der Waals surface area contributed by atoms with Crippen LogP contribution in [0.25, 0.3) is 0 Å². The first-order chi connectivity index (χ1) is 18.8. The van der Waals surface area contributed by atoms with Gasteiger partial charge in [-0.15, -0.1) is 0 Å². The molecule has 1 atom stereocenters. The molecule has 0 aromatic carbocycles. The first-order valence-electron chi connectivity index (χ1n) is 13.6. The average Bonchev–Trinajstić information content (AvgIpc) is 2.80. The second kappa shape index (κ2) is 21.2. The predicted molar refractivity (Wildman–Crippen MR) is 149 cm³/mol. The quantitative estimate of drug-likeness (QED) is 0.0517. The molecular weight excluding hydrogens is 526 g/mol. The Morgan fingerprint density at radius 2 is 1.35 bits per heavy atom. The van der Waals surface area contributed by atoms with Crippen LogP contribution in [0, 0.1) is 0 Å². The molecule has 0 aliphatic heterocycles. The zero-order valence-electron chi connectivity index (χ0n) is 24.1. The van der Waals surface area contributed by atoms with E-state index < -0.39 is 23.9 Å². The summed E-state index contributed by atoms with van der Waals surface area (Å²) in [4.78, 5) is 61.1. The number of ether oxygens (including phenoxy) is 1. The lowest BCUT2D eigenvalue weighted by Crippen LogP contribution is -2.45. The van der Waals surface area contributed by atoms with Gasteiger partial charge in [0.25, 0.3) is 0 Å². The van der Waals surface area contributed by atoms with Crippen molar-refractivity contribution in [1.29, 1.82) is 0 Å². The van der Waals surface area contributed by atoms with Gasteiger partial charge in [-0.05, 0) is 72.9 Å². The molecule has 5 amide bonds. The van der Waals surface area contributed by atoms with E-state index in [4.69, 9.17) is 14.9 Å². The Morgan fingerprint density at radius 1 is 0.775 bits per heavy atom. The van der Waals surface area contributed by atoms with Crippen LogP contribution < -0.4 is 31.9 Å². The Morgan fingerprint density at radius 3 is 1.93 bits per heavy atom. The van der Waals surface area contributed by atoms with Crippen molar-refractivity contribution in [2.75, 3.05) is 32.7 Å². The fourth-order valence-corrected chi connectivity index (χ4v) is 3.22. The maximum atomic E-state index is 11.9. The molecule has 15 heteroatoms. The van der Waals surface area contributed by atoms with Crippen molar-refractivity contribution in [3.8, 4) is 0 Å². The second-order valence-electron chi connectivity index (χ2n) is 10.2. The van der Waals surface area contributed by atoms with E-state index in [1.807, 2.05) is 5.32 Å². The largest absolute Gasteiger partial charge is 0.465 e. The van der Waals surface area contributed by atoms with Crippen LogP contribution >= 0.6 is 0 Å². The highest BCUT2D eigenvalue weighted by atomic mass is 16.6. The van der Waals surface area contributed by atoms with Crippen molar-refractivity contribution in [3.05, 3.63) is 0 Å². The van der Waals surface area contributed by atoms with Crippen LogP contribution in [0.1, 0.15) is 79.1 Å². The van der Waals surface area contributed by atoms with Gasteiger partial charge >= 0.3 is 18.3 Å². The van der Waals surface area contributed by atoms with Crippen molar-refractivity contribution >= 4 is 36.1 Å². The summed E-state index contributed by atoms with van der Waals surface area (Å²) < 4.78 is 5.08. The number of unbranched alkanes of at least 4 members (excludes halogenated alkanes) is 4. The molecule has 15 nitrogen and oxygen atoms in total. The number of nitrogens with one attached hydrogen (secondary N) is 6. The van der Waals surface area contributed by atoms with Crippen molar-refractivity contribution in [3.63, 3.8) is 0 Å². The number of amides is 5. The van der Waals surface area contributed by atoms with Crippen LogP contribution in [0.3, 0.4) is 0 Å². The third-order valence-electron chi connectivity index (χ3n) is 5.07. The number of rotatable bonds is 18. The molecule has 0 aromatic rings. The molecule has 0 rings (SSSR count). The topological polar surface area (TPSA) is 220 Å². The van der Waals surface area contributed by atoms with E-state index >= 15 is 0 Å². The third-order valence-corrected chi connectivity index (χ3v) is 5.07. The Bertz CT molecular complexity index is 830. The molecule has 0 fully saturated rings. The summed E-state index contributed by atoms with van der Waals surface area (Å²) in [7, 11) is 0. The predicted octanol–water partition coefficient (Wildman–Crippen LogP) is 1.73. The van der Waals surface area contributed by atoms with Gasteiger partial charge in [-0.25, -0.2) is 14.4 Å². The SMILES string of the molecule is C[C@H](CCNCCCCNC(=O)CC(=O)NCCCCCCN=C(NC(=O)O)NC(=O)OC(C)(C)C)NC(=O)O. The van der Waals surface area contributed by atoms with Gasteiger partial charge in [0, 0.05) is 25.7 Å². The lowest BCUT2D eigenvalue weighted by Gasteiger charge is -2.20. The molecule has 0 aliphatic carbocycles. The summed E-state index contributed by atoms with van der Waals surface area (Å²) in [6.45, 7) is 9.51. The number of guanidine groups is 1. The van der Waals surface area contributed by atoms with Crippen molar-refractivity contribution in [2.24, 2.45) is 4.99 Å². The highest BCUT2D eigenvalue weighted by Gasteiger charge is 2.18. The van der Waals surface area contributed by atoms with Crippen LogP contribution in [0.2, 0.25) is 0 Å². The number of alkyl carbamates (subject to hydrolysis) is 1. The first-order valence-corrected chi connectivity index (χ1v) is 13.6. The number of carboxylic acid groups (broad SMARTS) is 2. The summed E-state index contributed by atoms with van der Waals surface area (Å²) in [6.07, 6.45) is 1.80. The zero-order chi connectivity index (χ0) is 30.4. The average molecular weight is 574 g/mol. The van der Waals surface area contributed by atoms with E-state index in [1.165, 1.54) is 0 Å². The van der Waals surface area contributed by atoms with Gasteiger partial charge in [-0.3, -0.25) is 25.2 Å². The minimum Gasteiger partial charge on any atom is -0.465 e. The van der Waals surface area contributed by atoms with Gasteiger partial charge in [0.15, 0.2) is 0 Å². The number of carbonyl (C=O) groups excluding carboxylic acids is 3. The fraction of sp³-hybridized carbons (Fsp3) is 0.760. The molecule has 0 aliphatic rings. The standard InChI is InChI=1S/C25H47N7O8/c1-18(30-22(35)36)11-16-26-12-9-10-14-28-20(34)17-19(33)27-13-7-5-6-8-15-29-21(31-23(37)38)32-24(39)40-25(2,3)4/h18,26,30H,5-17H2,1-4H3,(H,27,33)(H,28,34)(H,35,36)(H,37,38)(H2,29,31,32,39)/t18-/m1/s1. The van der Waals surface area contributed by atoms with E-state index in [1.54, 1.807) is 27.7 Å². The molecular formula is C25H47N7O8. The van der Waals surface area contributed by atoms with Crippen molar-refractivity contribution in [2.45, 2.75) is 90.7 Å². The van der Waals surface area contributed by atoms with Gasteiger partial charge in [-0.2, -0.15) is 0 Å². The summed E-state index contributed by atoms with van der Waals surface area (Å²) in [5, 5.41) is 32.9. The minimum atomic E-state index is -1.36. The van der Waals surface area contributed by atoms with Crippen LogP contribution in [-0.2, 0) is 14.3 Å². The molecule has 0 radical (unpaired) electrons. The number of carbonyl (C=O) groups is 5. The number of aliphatic imine (C=N–C) groups is 1. The van der Waals surface area contributed by atoms with Crippen LogP contribution in [0.15, 0.2) is 4.99 Å². The molecule has 0 saturated carbocycles. The van der Waals surface area contributed by atoms with Gasteiger partial charge in [0.1, 0.15) is 12.0 Å². The molecule has 0 bridgehead atoms. The first kappa shape index (κ1) is 36.4. The molecule has 8 N–H and O–H groups in total. The zero-order valence-corrected chi connectivity index (χ0v) is 24.1. The lowest BCUT2D eigenvalue weighted by molar-refractivity contribution is -0.129. The smallest absolute Gasteiger partial charge is 0.414 e. The van der Waals surface area contributed by atoms with E-state index in [9.17, 15) is 24.0 Å². The molecule has 230 valence electrons. The second-order valence-corrected chi connectivity index (χ2v) is 10.2. The van der Waals surface area contributed by atoms with Gasteiger partial charge < -0.3 is 36.2 Å². The highest BCUT2D eigenvalue weighted by molar-refractivity contribution is 6.00. The maximum Gasteiger partial charge on any atom is 0.414 e. The third kappa shape index (κ3) is 24.7. The van der Waals surface area contributed by atoms with Crippen LogP contribution in [0.5, 0.6) is 0 Å². The van der Waals surface area contributed by atoms with Crippen LogP contribution in [-0.4, -0.2) is 90.6 Å². The summed E-state index contributed by atoms with van der Waals surface area (Å²) in [5.74, 6) is -0.880. The molecule has 0 unspecified atom stereocenters. The maximum absolute atomic E-state index is 11.9.